The first-order chi connectivity index (χ1) is 10.5. The second-order valence-corrected chi connectivity index (χ2v) is 5.73. The molecule has 3 N–H and O–H groups in total. The van der Waals surface area contributed by atoms with Gasteiger partial charge in [-0.25, -0.2) is 9.59 Å². The van der Waals surface area contributed by atoms with Crippen molar-refractivity contribution in [1.29, 1.82) is 0 Å². The van der Waals surface area contributed by atoms with Gasteiger partial charge in [-0.3, -0.25) is 19.8 Å². The lowest BCUT2D eigenvalue weighted by atomic mass is 9.90. The Morgan fingerprint density at radius 1 is 1.18 bits per heavy atom. The first-order valence-electron chi connectivity index (χ1n) is 7.70. The van der Waals surface area contributed by atoms with Crippen molar-refractivity contribution >= 4 is 23.9 Å². The maximum Gasteiger partial charge on any atom is 0.325 e. The SMILES string of the molecule is CCNC(=O)NC(=O)CN1C(=O)NC2(CCCCCC2)C1=O. The minimum Gasteiger partial charge on any atom is -0.338 e. The summed E-state index contributed by atoms with van der Waals surface area (Å²) in [5.41, 5.74) is -0.862. The maximum absolute atomic E-state index is 12.6. The normalized spacial score (nSPS) is 20.5. The number of carbonyl (C=O) groups excluding carboxylic acids is 4. The third kappa shape index (κ3) is 3.37. The molecule has 0 bridgehead atoms. The Hall–Kier alpha value is -2.12. The lowest BCUT2D eigenvalue weighted by Crippen LogP contribution is -2.48. The van der Waals surface area contributed by atoms with E-state index in [1.54, 1.807) is 6.92 Å². The van der Waals surface area contributed by atoms with E-state index in [9.17, 15) is 19.2 Å². The Morgan fingerprint density at radius 2 is 1.82 bits per heavy atom. The monoisotopic (exact) mass is 310 g/mol. The lowest BCUT2D eigenvalue weighted by Gasteiger charge is -2.24. The van der Waals surface area contributed by atoms with Crippen LogP contribution < -0.4 is 16.0 Å². The topological polar surface area (TPSA) is 108 Å². The zero-order valence-electron chi connectivity index (χ0n) is 12.7. The summed E-state index contributed by atoms with van der Waals surface area (Å²) in [6.45, 7) is 1.66. The van der Waals surface area contributed by atoms with Crippen LogP contribution in [0.2, 0.25) is 0 Å². The van der Waals surface area contributed by atoms with Gasteiger partial charge >= 0.3 is 12.1 Å². The summed E-state index contributed by atoms with van der Waals surface area (Å²) in [6, 6.07) is -1.19. The van der Waals surface area contributed by atoms with Crippen molar-refractivity contribution in [2.45, 2.75) is 51.0 Å². The summed E-state index contributed by atoms with van der Waals surface area (Å²) in [6.07, 6.45) is 5.05. The molecule has 1 aliphatic carbocycles. The van der Waals surface area contributed by atoms with Crippen molar-refractivity contribution in [2.75, 3.05) is 13.1 Å². The number of amides is 6. The van der Waals surface area contributed by atoms with E-state index in [0.717, 1.165) is 30.6 Å². The van der Waals surface area contributed by atoms with Crippen LogP contribution in [-0.4, -0.2) is 47.4 Å². The highest BCUT2D eigenvalue weighted by molar-refractivity contribution is 6.10. The van der Waals surface area contributed by atoms with Crippen LogP contribution >= 0.6 is 0 Å². The first-order valence-corrected chi connectivity index (χ1v) is 7.70. The van der Waals surface area contributed by atoms with Gasteiger partial charge in [-0.2, -0.15) is 0 Å². The van der Waals surface area contributed by atoms with Gasteiger partial charge < -0.3 is 10.6 Å². The van der Waals surface area contributed by atoms with Crippen LogP contribution in [0, 0.1) is 0 Å². The van der Waals surface area contributed by atoms with Gasteiger partial charge in [0.2, 0.25) is 5.91 Å². The number of nitrogens with zero attached hydrogens (tertiary/aromatic N) is 1. The minimum atomic E-state index is -0.862. The second kappa shape index (κ2) is 6.76. The van der Waals surface area contributed by atoms with Gasteiger partial charge in [-0.05, 0) is 19.8 Å². The summed E-state index contributed by atoms with van der Waals surface area (Å²) >= 11 is 0. The van der Waals surface area contributed by atoms with Gasteiger partial charge in [-0.15, -0.1) is 0 Å². The maximum atomic E-state index is 12.6. The molecule has 2 rings (SSSR count). The van der Waals surface area contributed by atoms with Gasteiger partial charge in [0, 0.05) is 6.54 Å². The smallest absolute Gasteiger partial charge is 0.325 e. The number of imide groups is 2. The zero-order valence-corrected chi connectivity index (χ0v) is 12.7. The third-order valence-electron chi connectivity index (χ3n) is 4.10. The molecule has 0 aromatic carbocycles. The van der Waals surface area contributed by atoms with Gasteiger partial charge in [0.15, 0.2) is 0 Å². The van der Waals surface area contributed by atoms with Crippen molar-refractivity contribution in [3.8, 4) is 0 Å². The Bertz CT molecular complexity index is 483. The van der Waals surface area contributed by atoms with Crippen molar-refractivity contribution in [2.24, 2.45) is 0 Å². The molecule has 1 spiro atoms. The van der Waals surface area contributed by atoms with Crippen LogP contribution in [0.5, 0.6) is 0 Å². The molecule has 1 saturated carbocycles. The molecule has 8 heteroatoms. The molecule has 8 nitrogen and oxygen atoms in total. The molecule has 0 aromatic rings. The highest BCUT2D eigenvalue weighted by Gasteiger charge is 2.51. The molecule has 1 aliphatic heterocycles. The lowest BCUT2D eigenvalue weighted by molar-refractivity contribution is -0.135. The standard InChI is InChI=1S/C14H22N4O4/c1-2-15-12(21)16-10(19)9-18-11(20)14(17-13(18)22)7-5-3-4-6-8-14/h2-9H2,1H3,(H,17,22)(H2,15,16,19,21). The van der Waals surface area contributed by atoms with Crippen LogP contribution in [0.4, 0.5) is 9.59 Å². The Kier molecular flexibility index (Phi) is 4.99. The fourth-order valence-electron chi connectivity index (χ4n) is 3.01. The summed E-state index contributed by atoms with van der Waals surface area (Å²) in [4.78, 5) is 48.5. The molecule has 1 saturated heterocycles. The van der Waals surface area contributed by atoms with Crippen LogP contribution in [0.15, 0.2) is 0 Å². The molecule has 2 aliphatic rings. The van der Waals surface area contributed by atoms with E-state index in [1.807, 2.05) is 0 Å². The molecule has 0 aromatic heterocycles. The zero-order chi connectivity index (χ0) is 16.2. The van der Waals surface area contributed by atoms with E-state index in [-0.39, 0.29) is 5.91 Å². The Labute approximate surface area is 129 Å². The molecule has 0 radical (unpaired) electrons. The Morgan fingerprint density at radius 3 is 2.41 bits per heavy atom. The van der Waals surface area contributed by atoms with Gasteiger partial charge in [0.25, 0.3) is 5.91 Å². The number of rotatable bonds is 3. The number of urea groups is 2. The Balaban J connectivity index is 1.99. The molecule has 22 heavy (non-hydrogen) atoms. The van der Waals surface area contributed by atoms with E-state index in [0.29, 0.717) is 19.4 Å². The van der Waals surface area contributed by atoms with Gasteiger partial charge in [0.1, 0.15) is 12.1 Å². The predicted molar refractivity (Wildman–Crippen MR) is 77.9 cm³/mol. The fraction of sp³-hybridized carbons (Fsp3) is 0.714. The van der Waals surface area contributed by atoms with Gasteiger partial charge in [0.05, 0.1) is 0 Å². The van der Waals surface area contributed by atoms with E-state index in [4.69, 9.17) is 0 Å². The molecule has 1 heterocycles. The average Bonchev–Trinajstić information content (AvgIpc) is 2.63. The van der Waals surface area contributed by atoms with Crippen molar-refractivity contribution < 1.29 is 19.2 Å². The van der Waals surface area contributed by atoms with Crippen molar-refractivity contribution in [3.05, 3.63) is 0 Å². The van der Waals surface area contributed by atoms with E-state index < -0.39 is 30.1 Å². The number of nitrogens with one attached hydrogen (secondary N) is 3. The summed E-state index contributed by atoms with van der Waals surface area (Å²) in [7, 11) is 0. The van der Waals surface area contributed by atoms with Crippen LogP contribution in [0.1, 0.15) is 45.4 Å². The molecule has 0 atom stereocenters. The summed E-state index contributed by atoms with van der Waals surface area (Å²) in [5.74, 6) is -1.04. The summed E-state index contributed by atoms with van der Waals surface area (Å²) in [5, 5.41) is 7.25. The predicted octanol–water partition coefficient (Wildman–Crippen LogP) is 0.477. The minimum absolute atomic E-state index is 0.356. The number of hydrogen-bond acceptors (Lipinski definition) is 4. The van der Waals surface area contributed by atoms with E-state index >= 15 is 0 Å². The number of hydrogen-bond donors (Lipinski definition) is 3. The highest BCUT2D eigenvalue weighted by atomic mass is 16.2. The molecule has 6 amide bonds. The van der Waals surface area contributed by atoms with Crippen LogP contribution in [0.25, 0.3) is 0 Å². The van der Waals surface area contributed by atoms with Crippen LogP contribution in [0.3, 0.4) is 0 Å². The molecule has 2 fully saturated rings. The van der Waals surface area contributed by atoms with Crippen molar-refractivity contribution in [3.63, 3.8) is 0 Å². The molecule has 0 unspecified atom stereocenters. The first kappa shape index (κ1) is 16.3. The van der Waals surface area contributed by atoms with Crippen molar-refractivity contribution in [1.82, 2.24) is 20.9 Å². The quantitative estimate of drug-likeness (QED) is 0.659. The number of carbonyl (C=O) groups is 4. The van der Waals surface area contributed by atoms with E-state index in [1.165, 1.54) is 0 Å². The van der Waals surface area contributed by atoms with Gasteiger partial charge in [-0.1, -0.05) is 25.7 Å². The third-order valence-corrected chi connectivity index (χ3v) is 4.10. The van der Waals surface area contributed by atoms with E-state index in [2.05, 4.69) is 16.0 Å². The second-order valence-electron chi connectivity index (χ2n) is 5.73. The average molecular weight is 310 g/mol. The molecular weight excluding hydrogens is 288 g/mol. The molecule has 122 valence electrons. The largest absolute Gasteiger partial charge is 0.338 e. The molecular formula is C14H22N4O4. The van der Waals surface area contributed by atoms with Crippen LogP contribution in [-0.2, 0) is 9.59 Å². The highest BCUT2D eigenvalue weighted by Crippen LogP contribution is 2.32. The fourth-order valence-corrected chi connectivity index (χ4v) is 3.01. The summed E-state index contributed by atoms with van der Waals surface area (Å²) < 4.78 is 0.